The van der Waals surface area contributed by atoms with Gasteiger partial charge in [-0.15, -0.1) is 10.2 Å². The van der Waals surface area contributed by atoms with E-state index in [1.54, 1.807) is 12.3 Å². The molecule has 2 heterocycles. The fourth-order valence-electron chi connectivity index (χ4n) is 2.40. The zero-order valence-corrected chi connectivity index (χ0v) is 15.0. The first-order valence-corrected chi connectivity index (χ1v) is 9.02. The van der Waals surface area contributed by atoms with Gasteiger partial charge in [-0.2, -0.15) is 0 Å². The molecule has 1 atom stereocenters. The second kappa shape index (κ2) is 8.02. The van der Waals surface area contributed by atoms with Crippen LogP contribution in [0.3, 0.4) is 0 Å². The highest BCUT2D eigenvalue weighted by atomic mass is 32.2. The molecule has 1 N–H and O–H groups in total. The van der Waals surface area contributed by atoms with E-state index in [4.69, 9.17) is 4.42 Å². The van der Waals surface area contributed by atoms with Crippen molar-refractivity contribution in [1.29, 1.82) is 0 Å². The van der Waals surface area contributed by atoms with E-state index in [0.717, 1.165) is 28.8 Å². The molecule has 0 aliphatic rings. The number of thioether (sulfide) groups is 1. The minimum absolute atomic E-state index is 0.0617. The summed E-state index contributed by atoms with van der Waals surface area (Å²) < 4.78 is 7.25. The maximum atomic E-state index is 12.3. The molecule has 25 heavy (non-hydrogen) atoms. The van der Waals surface area contributed by atoms with E-state index < -0.39 is 0 Å². The van der Waals surface area contributed by atoms with Crippen LogP contribution < -0.4 is 5.32 Å². The maximum absolute atomic E-state index is 12.3. The molecule has 1 amide bonds. The van der Waals surface area contributed by atoms with E-state index in [0.29, 0.717) is 6.54 Å². The van der Waals surface area contributed by atoms with Gasteiger partial charge in [0.25, 0.3) is 0 Å². The van der Waals surface area contributed by atoms with E-state index in [1.807, 2.05) is 54.8 Å². The summed E-state index contributed by atoms with van der Waals surface area (Å²) in [6, 6.07) is 13.6. The van der Waals surface area contributed by atoms with Crippen molar-refractivity contribution in [2.45, 2.75) is 37.3 Å². The van der Waals surface area contributed by atoms with Crippen LogP contribution in [0.2, 0.25) is 0 Å². The van der Waals surface area contributed by atoms with Crippen molar-refractivity contribution in [1.82, 2.24) is 20.1 Å². The van der Waals surface area contributed by atoms with Gasteiger partial charge in [-0.3, -0.25) is 4.79 Å². The lowest BCUT2D eigenvalue weighted by Crippen LogP contribution is -2.30. The Hall–Kier alpha value is -2.54. The largest absolute Gasteiger partial charge is 0.467 e. The minimum Gasteiger partial charge on any atom is -0.467 e. The molecule has 0 fully saturated rings. The SMILES string of the molecule is CCn1c(SC(C)C(=O)NCc2ccco2)nnc1-c1ccccc1. The summed E-state index contributed by atoms with van der Waals surface area (Å²) >= 11 is 1.40. The van der Waals surface area contributed by atoms with Crippen molar-refractivity contribution < 1.29 is 9.21 Å². The fraction of sp³-hybridized carbons (Fsp3) is 0.278. The van der Waals surface area contributed by atoms with Crippen LogP contribution in [0, 0.1) is 0 Å². The van der Waals surface area contributed by atoms with Gasteiger partial charge in [0.1, 0.15) is 5.76 Å². The number of aromatic nitrogens is 3. The first kappa shape index (κ1) is 17.3. The van der Waals surface area contributed by atoms with Gasteiger partial charge in [0.05, 0.1) is 18.1 Å². The monoisotopic (exact) mass is 356 g/mol. The molecule has 0 saturated carbocycles. The number of hydrogen-bond donors (Lipinski definition) is 1. The van der Waals surface area contributed by atoms with Crippen LogP contribution >= 0.6 is 11.8 Å². The van der Waals surface area contributed by atoms with Crippen LogP contribution in [0.5, 0.6) is 0 Å². The zero-order valence-electron chi connectivity index (χ0n) is 14.2. The van der Waals surface area contributed by atoms with Gasteiger partial charge in [-0.25, -0.2) is 0 Å². The molecule has 0 spiro atoms. The van der Waals surface area contributed by atoms with Crippen LogP contribution in [0.4, 0.5) is 0 Å². The Balaban J connectivity index is 1.67. The van der Waals surface area contributed by atoms with Crippen molar-refractivity contribution in [3.05, 3.63) is 54.5 Å². The Morgan fingerprint density at radius 1 is 1.24 bits per heavy atom. The molecule has 7 heteroatoms. The molecular weight excluding hydrogens is 336 g/mol. The third-order valence-electron chi connectivity index (χ3n) is 3.73. The number of rotatable bonds is 7. The summed E-state index contributed by atoms with van der Waals surface area (Å²) in [5, 5.41) is 11.9. The molecule has 0 bridgehead atoms. The predicted octanol–water partition coefficient (Wildman–Crippen LogP) is 3.36. The molecule has 0 aliphatic carbocycles. The summed E-state index contributed by atoms with van der Waals surface area (Å²) in [6.45, 7) is 5.02. The zero-order chi connectivity index (χ0) is 17.6. The number of nitrogens with one attached hydrogen (secondary N) is 1. The van der Waals surface area contributed by atoms with E-state index in [1.165, 1.54) is 11.8 Å². The number of hydrogen-bond acceptors (Lipinski definition) is 5. The van der Waals surface area contributed by atoms with Gasteiger partial charge in [-0.1, -0.05) is 42.1 Å². The molecule has 3 rings (SSSR count). The second-order valence-electron chi connectivity index (χ2n) is 5.47. The number of amides is 1. The topological polar surface area (TPSA) is 73.0 Å². The van der Waals surface area contributed by atoms with E-state index >= 15 is 0 Å². The van der Waals surface area contributed by atoms with Gasteiger partial charge in [-0.05, 0) is 26.0 Å². The molecule has 130 valence electrons. The van der Waals surface area contributed by atoms with Gasteiger partial charge in [0.2, 0.25) is 5.91 Å². The third kappa shape index (κ3) is 4.11. The predicted molar refractivity (Wildman–Crippen MR) is 97.0 cm³/mol. The molecule has 6 nitrogen and oxygen atoms in total. The highest BCUT2D eigenvalue weighted by Crippen LogP contribution is 2.26. The molecule has 3 aromatic rings. The van der Waals surface area contributed by atoms with Crippen LogP contribution in [0.25, 0.3) is 11.4 Å². The molecule has 1 aromatic carbocycles. The number of furan rings is 1. The van der Waals surface area contributed by atoms with Crippen molar-refractivity contribution >= 4 is 17.7 Å². The summed E-state index contributed by atoms with van der Waals surface area (Å²) in [4.78, 5) is 12.3. The van der Waals surface area contributed by atoms with E-state index in [9.17, 15) is 4.79 Å². The van der Waals surface area contributed by atoms with Crippen LogP contribution in [0.1, 0.15) is 19.6 Å². The molecule has 0 aliphatic heterocycles. The fourth-order valence-corrected chi connectivity index (χ4v) is 3.34. The molecular formula is C18H20N4O2S. The first-order valence-electron chi connectivity index (χ1n) is 8.14. The van der Waals surface area contributed by atoms with E-state index in [-0.39, 0.29) is 11.2 Å². The second-order valence-corrected chi connectivity index (χ2v) is 6.78. The normalized spacial score (nSPS) is 12.1. The Morgan fingerprint density at radius 3 is 2.72 bits per heavy atom. The van der Waals surface area contributed by atoms with Gasteiger partial charge in [0.15, 0.2) is 11.0 Å². The standard InChI is InChI=1S/C18H20N4O2S/c1-3-22-16(14-8-5-4-6-9-14)20-21-18(22)25-13(2)17(23)19-12-15-10-7-11-24-15/h4-11,13H,3,12H2,1-2H3,(H,19,23). The lowest BCUT2D eigenvalue weighted by Gasteiger charge is -2.12. The summed E-state index contributed by atoms with van der Waals surface area (Å²) in [6.07, 6.45) is 1.59. The van der Waals surface area contributed by atoms with Gasteiger partial charge in [0, 0.05) is 12.1 Å². The van der Waals surface area contributed by atoms with Crippen LogP contribution in [-0.4, -0.2) is 25.9 Å². The summed E-state index contributed by atoms with van der Waals surface area (Å²) in [5.74, 6) is 1.48. The average Bonchev–Trinajstić information content (AvgIpc) is 3.29. The Kier molecular flexibility index (Phi) is 5.55. The first-order chi connectivity index (χ1) is 12.2. The van der Waals surface area contributed by atoms with Crippen molar-refractivity contribution in [2.75, 3.05) is 0 Å². The quantitative estimate of drug-likeness (QED) is 0.657. The molecule has 0 saturated heterocycles. The lowest BCUT2D eigenvalue weighted by molar-refractivity contribution is -0.120. The Bertz CT molecular complexity index is 815. The third-order valence-corrected chi connectivity index (χ3v) is 4.81. The number of benzene rings is 1. The summed E-state index contributed by atoms with van der Waals surface area (Å²) in [5.41, 5.74) is 1.01. The Morgan fingerprint density at radius 2 is 2.04 bits per heavy atom. The number of nitrogens with zero attached hydrogens (tertiary/aromatic N) is 3. The van der Waals surface area contributed by atoms with Crippen molar-refractivity contribution in [3.63, 3.8) is 0 Å². The van der Waals surface area contributed by atoms with E-state index in [2.05, 4.69) is 15.5 Å². The highest BCUT2D eigenvalue weighted by molar-refractivity contribution is 8.00. The van der Waals surface area contributed by atoms with Gasteiger partial charge < -0.3 is 14.3 Å². The molecule has 1 unspecified atom stereocenters. The number of carbonyl (C=O) groups excluding carboxylic acids is 1. The van der Waals surface area contributed by atoms with Crippen molar-refractivity contribution in [2.24, 2.45) is 0 Å². The van der Waals surface area contributed by atoms with Crippen LogP contribution in [0.15, 0.2) is 58.3 Å². The smallest absolute Gasteiger partial charge is 0.233 e. The highest BCUT2D eigenvalue weighted by Gasteiger charge is 2.20. The summed E-state index contributed by atoms with van der Waals surface area (Å²) in [7, 11) is 0. The molecule has 2 aromatic heterocycles. The lowest BCUT2D eigenvalue weighted by atomic mass is 10.2. The van der Waals surface area contributed by atoms with Gasteiger partial charge >= 0.3 is 0 Å². The Labute approximate surface area is 150 Å². The number of carbonyl (C=O) groups is 1. The van der Waals surface area contributed by atoms with Crippen LogP contribution in [-0.2, 0) is 17.9 Å². The molecule has 0 radical (unpaired) electrons. The van der Waals surface area contributed by atoms with Crippen molar-refractivity contribution in [3.8, 4) is 11.4 Å². The average molecular weight is 356 g/mol. The maximum Gasteiger partial charge on any atom is 0.233 e. The minimum atomic E-state index is -0.284.